The minimum absolute atomic E-state index is 0.596. The van der Waals surface area contributed by atoms with E-state index < -0.39 is 6.10 Å². The molecule has 0 spiro atoms. The summed E-state index contributed by atoms with van der Waals surface area (Å²) in [6.07, 6.45) is 2.40. The van der Waals surface area contributed by atoms with Crippen molar-refractivity contribution in [1.82, 2.24) is 9.97 Å². The van der Waals surface area contributed by atoms with Crippen LogP contribution in [0.15, 0.2) is 54.9 Å². The van der Waals surface area contributed by atoms with Gasteiger partial charge in [0.1, 0.15) is 11.9 Å². The number of aliphatic hydroxyl groups is 1. The van der Waals surface area contributed by atoms with Crippen molar-refractivity contribution >= 4 is 10.9 Å². The number of rotatable bonds is 3. The van der Waals surface area contributed by atoms with Gasteiger partial charge in [-0.15, -0.1) is 0 Å². The molecule has 2 aromatic heterocycles. The van der Waals surface area contributed by atoms with Gasteiger partial charge in [-0.3, -0.25) is 4.98 Å². The highest BCUT2D eigenvalue weighted by molar-refractivity contribution is 5.78. The molecule has 0 saturated carbocycles. The van der Waals surface area contributed by atoms with Crippen molar-refractivity contribution < 1.29 is 9.84 Å². The predicted molar refractivity (Wildman–Crippen MR) is 76.6 cm³/mol. The Morgan fingerprint density at radius 2 is 1.95 bits per heavy atom. The summed E-state index contributed by atoms with van der Waals surface area (Å²) in [7, 11) is 1.57. The second-order valence-corrected chi connectivity index (χ2v) is 4.49. The number of hydrogen-bond acceptors (Lipinski definition) is 4. The Kier molecular flexibility index (Phi) is 3.31. The van der Waals surface area contributed by atoms with Crippen LogP contribution in [0.2, 0.25) is 0 Å². The maximum atomic E-state index is 10.4. The van der Waals surface area contributed by atoms with Crippen LogP contribution in [-0.2, 0) is 0 Å². The molecule has 1 N–H and O–H groups in total. The zero-order chi connectivity index (χ0) is 13.9. The number of pyridine rings is 2. The molecule has 0 aliphatic rings. The van der Waals surface area contributed by atoms with Crippen LogP contribution in [0.5, 0.6) is 5.75 Å². The van der Waals surface area contributed by atoms with E-state index in [0.29, 0.717) is 17.0 Å². The molecule has 4 heteroatoms. The van der Waals surface area contributed by atoms with Crippen molar-refractivity contribution in [2.45, 2.75) is 6.10 Å². The Morgan fingerprint density at radius 3 is 2.80 bits per heavy atom. The maximum Gasteiger partial charge on any atom is 0.137 e. The molecular weight excluding hydrogens is 252 g/mol. The van der Waals surface area contributed by atoms with Gasteiger partial charge in [0.15, 0.2) is 0 Å². The van der Waals surface area contributed by atoms with Gasteiger partial charge >= 0.3 is 0 Å². The third-order valence-corrected chi connectivity index (χ3v) is 3.19. The van der Waals surface area contributed by atoms with Crippen molar-refractivity contribution in [1.29, 1.82) is 0 Å². The first-order valence-corrected chi connectivity index (χ1v) is 6.30. The number of aliphatic hydroxyl groups excluding tert-OH is 1. The molecule has 2 heterocycles. The van der Waals surface area contributed by atoms with Crippen LogP contribution < -0.4 is 4.74 Å². The lowest BCUT2D eigenvalue weighted by Crippen LogP contribution is -2.03. The van der Waals surface area contributed by atoms with Crippen molar-refractivity contribution in [3.05, 3.63) is 66.1 Å². The molecule has 0 aliphatic heterocycles. The quantitative estimate of drug-likeness (QED) is 0.792. The third-order valence-electron chi connectivity index (χ3n) is 3.19. The summed E-state index contributed by atoms with van der Waals surface area (Å²) in [6, 6.07) is 13.3. The summed E-state index contributed by atoms with van der Waals surface area (Å²) >= 11 is 0. The van der Waals surface area contributed by atoms with Crippen molar-refractivity contribution in [2.75, 3.05) is 7.11 Å². The summed E-state index contributed by atoms with van der Waals surface area (Å²) < 4.78 is 5.12. The molecule has 1 atom stereocenters. The first kappa shape index (κ1) is 12.6. The first-order chi connectivity index (χ1) is 9.78. The normalized spacial score (nSPS) is 12.3. The Bertz CT molecular complexity index is 743. The average Bonchev–Trinajstić information content (AvgIpc) is 2.53. The van der Waals surface area contributed by atoms with Gasteiger partial charge in [0.05, 0.1) is 24.5 Å². The summed E-state index contributed by atoms with van der Waals surface area (Å²) in [5.41, 5.74) is 2.12. The van der Waals surface area contributed by atoms with Crippen LogP contribution in [0.3, 0.4) is 0 Å². The van der Waals surface area contributed by atoms with E-state index in [1.54, 1.807) is 25.6 Å². The lowest BCUT2D eigenvalue weighted by molar-refractivity contribution is 0.214. The van der Waals surface area contributed by atoms with Gasteiger partial charge in [0.2, 0.25) is 0 Å². The minimum atomic E-state index is -0.817. The number of benzene rings is 1. The fraction of sp³-hybridized carbons (Fsp3) is 0.125. The molecule has 100 valence electrons. The fourth-order valence-corrected chi connectivity index (χ4v) is 2.10. The van der Waals surface area contributed by atoms with E-state index in [1.807, 2.05) is 36.4 Å². The smallest absolute Gasteiger partial charge is 0.137 e. The molecule has 1 unspecified atom stereocenters. The lowest BCUT2D eigenvalue weighted by Gasteiger charge is -2.12. The van der Waals surface area contributed by atoms with Crippen LogP contribution in [0, 0.1) is 0 Å². The minimum Gasteiger partial charge on any atom is -0.495 e. The van der Waals surface area contributed by atoms with Crippen molar-refractivity contribution in [3.63, 3.8) is 0 Å². The first-order valence-electron chi connectivity index (χ1n) is 6.30. The second kappa shape index (κ2) is 5.27. The van der Waals surface area contributed by atoms with Gasteiger partial charge in [-0.2, -0.15) is 0 Å². The Balaban J connectivity index is 2.00. The molecule has 4 nitrogen and oxygen atoms in total. The number of hydrogen-bond donors (Lipinski definition) is 1. The molecule has 3 rings (SSSR count). The standard InChI is InChI=1S/C16H14N2O2/c1-20-13-8-12(9-17-10-13)16(19)15-7-6-11-4-2-3-5-14(11)18-15/h2-10,16,19H,1H3. The molecular formula is C16H14N2O2. The van der Waals surface area contributed by atoms with E-state index in [-0.39, 0.29) is 0 Å². The molecule has 0 bridgehead atoms. The van der Waals surface area contributed by atoms with Crippen LogP contribution in [0.25, 0.3) is 10.9 Å². The number of fused-ring (bicyclic) bond motifs is 1. The lowest BCUT2D eigenvalue weighted by atomic mass is 10.1. The highest BCUT2D eigenvalue weighted by Gasteiger charge is 2.13. The number of nitrogens with zero attached hydrogens (tertiary/aromatic N) is 2. The Labute approximate surface area is 116 Å². The largest absolute Gasteiger partial charge is 0.495 e. The van der Waals surface area contributed by atoms with Gasteiger partial charge in [0.25, 0.3) is 0 Å². The monoisotopic (exact) mass is 266 g/mol. The molecule has 0 aliphatic carbocycles. The van der Waals surface area contributed by atoms with E-state index in [1.165, 1.54) is 0 Å². The highest BCUT2D eigenvalue weighted by Crippen LogP contribution is 2.24. The van der Waals surface area contributed by atoms with Gasteiger partial charge in [-0.25, -0.2) is 4.98 Å². The molecule has 0 radical (unpaired) electrons. The van der Waals surface area contributed by atoms with E-state index in [4.69, 9.17) is 4.74 Å². The van der Waals surface area contributed by atoms with Crippen LogP contribution in [-0.4, -0.2) is 22.2 Å². The average molecular weight is 266 g/mol. The van der Waals surface area contributed by atoms with E-state index in [9.17, 15) is 5.11 Å². The topological polar surface area (TPSA) is 55.2 Å². The Hall–Kier alpha value is -2.46. The predicted octanol–water partition coefficient (Wildman–Crippen LogP) is 2.72. The third kappa shape index (κ3) is 2.33. The van der Waals surface area contributed by atoms with Crippen molar-refractivity contribution in [3.8, 4) is 5.75 Å². The number of para-hydroxylation sites is 1. The molecule has 3 aromatic rings. The molecule has 0 fully saturated rings. The summed E-state index contributed by atoms with van der Waals surface area (Å²) in [5, 5.41) is 11.5. The molecule has 20 heavy (non-hydrogen) atoms. The van der Waals surface area contributed by atoms with Gasteiger partial charge in [-0.1, -0.05) is 24.3 Å². The van der Waals surface area contributed by atoms with Gasteiger partial charge < -0.3 is 9.84 Å². The zero-order valence-corrected chi connectivity index (χ0v) is 11.0. The molecule has 0 saturated heterocycles. The van der Waals surface area contributed by atoms with E-state index in [0.717, 1.165) is 10.9 Å². The fourth-order valence-electron chi connectivity index (χ4n) is 2.10. The highest BCUT2D eigenvalue weighted by atomic mass is 16.5. The number of methoxy groups -OCH3 is 1. The SMILES string of the molecule is COc1cncc(C(O)c2ccc3ccccc3n2)c1. The van der Waals surface area contributed by atoms with Gasteiger partial charge in [0, 0.05) is 17.1 Å². The summed E-state index contributed by atoms with van der Waals surface area (Å²) in [6.45, 7) is 0. The Morgan fingerprint density at radius 1 is 1.10 bits per heavy atom. The number of aromatic nitrogens is 2. The van der Waals surface area contributed by atoms with Crippen molar-refractivity contribution in [2.24, 2.45) is 0 Å². The summed E-state index contributed by atoms with van der Waals surface area (Å²) in [5.74, 6) is 0.613. The van der Waals surface area contributed by atoms with Crippen LogP contribution in [0.4, 0.5) is 0 Å². The summed E-state index contributed by atoms with van der Waals surface area (Å²) in [4.78, 5) is 8.54. The van der Waals surface area contributed by atoms with E-state index >= 15 is 0 Å². The second-order valence-electron chi connectivity index (χ2n) is 4.49. The zero-order valence-electron chi connectivity index (χ0n) is 11.0. The molecule has 0 amide bonds. The van der Waals surface area contributed by atoms with Crippen LogP contribution in [0.1, 0.15) is 17.4 Å². The van der Waals surface area contributed by atoms with Crippen LogP contribution >= 0.6 is 0 Å². The number of ether oxygens (including phenoxy) is 1. The maximum absolute atomic E-state index is 10.4. The van der Waals surface area contributed by atoms with Gasteiger partial charge in [-0.05, 0) is 18.2 Å². The molecule has 1 aromatic carbocycles. The van der Waals surface area contributed by atoms with E-state index in [2.05, 4.69) is 9.97 Å².